The SMILES string of the molecule is CNCC(=O)NCC(O)COc1cccc(Cl)c1Cl.Cl. The van der Waals surface area contributed by atoms with Crippen molar-refractivity contribution >= 4 is 41.5 Å². The summed E-state index contributed by atoms with van der Waals surface area (Å²) in [5.74, 6) is 0.206. The fourth-order valence-electron chi connectivity index (χ4n) is 1.30. The zero-order valence-corrected chi connectivity index (χ0v) is 13.2. The van der Waals surface area contributed by atoms with Crippen molar-refractivity contribution < 1.29 is 14.6 Å². The summed E-state index contributed by atoms with van der Waals surface area (Å²) in [6.07, 6.45) is -0.823. The molecule has 1 amide bonds. The van der Waals surface area contributed by atoms with Crippen molar-refractivity contribution in [2.75, 3.05) is 26.7 Å². The Morgan fingerprint density at radius 2 is 2.15 bits per heavy atom. The molecule has 1 aromatic carbocycles. The van der Waals surface area contributed by atoms with E-state index in [2.05, 4.69) is 10.6 Å². The highest BCUT2D eigenvalue weighted by Crippen LogP contribution is 2.31. The summed E-state index contributed by atoms with van der Waals surface area (Å²) in [4.78, 5) is 11.2. The van der Waals surface area contributed by atoms with Gasteiger partial charge in [-0.3, -0.25) is 4.79 Å². The van der Waals surface area contributed by atoms with Crippen LogP contribution in [0, 0.1) is 0 Å². The molecular weight excluding hydrogens is 327 g/mol. The van der Waals surface area contributed by atoms with Gasteiger partial charge in [0.25, 0.3) is 0 Å². The van der Waals surface area contributed by atoms with Crippen molar-refractivity contribution in [1.82, 2.24) is 10.6 Å². The molecule has 1 atom stereocenters. The number of hydrogen-bond acceptors (Lipinski definition) is 4. The van der Waals surface area contributed by atoms with Gasteiger partial charge in [0, 0.05) is 6.54 Å². The van der Waals surface area contributed by atoms with Gasteiger partial charge in [0.05, 0.1) is 11.6 Å². The lowest BCUT2D eigenvalue weighted by Crippen LogP contribution is -2.39. The first-order valence-electron chi connectivity index (χ1n) is 5.70. The minimum absolute atomic E-state index is 0. The molecule has 0 bridgehead atoms. The minimum atomic E-state index is -0.823. The summed E-state index contributed by atoms with van der Waals surface area (Å²) in [5, 5.41) is 15.6. The largest absolute Gasteiger partial charge is 0.489 e. The number of amides is 1. The van der Waals surface area contributed by atoms with E-state index < -0.39 is 6.10 Å². The molecule has 8 heteroatoms. The van der Waals surface area contributed by atoms with E-state index in [1.165, 1.54) is 0 Å². The van der Waals surface area contributed by atoms with Gasteiger partial charge in [0.15, 0.2) is 0 Å². The van der Waals surface area contributed by atoms with Crippen molar-refractivity contribution in [1.29, 1.82) is 0 Å². The van der Waals surface area contributed by atoms with Crippen LogP contribution in [0.5, 0.6) is 5.75 Å². The lowest BCUT2D eigenvalue weighted by atomic mass is 10.3. The van der Waals surface area contributed by atoms with Crippen LogP contribution in [0.3, 0.4) is 0 Å². The average Bonchev–Trinajstić information content (AvgIpc) is 2.38. The van der Waals surface area contributed by atoms with Crippen LogP contribution in [-0.4, -0.2) is 43.9 Å². The Morgan fingerprint density at radius 1 is 1.45 bits per heavy atom. The first-order valence-corrected chi connectivity index (χ1v) is 6.46. The van der Waals surface area contributed by atoms with E-state index in [0.717, 1.165) is 0 Å². The van der Waals surface area contributed by atoms with Crippen molar-refractivity contribution in [3.8, 4) is 5.75 Å². The van der Waals surface area contributed by atoms with E-state index in [4.69, 9.17) is 27.9 Å². The molecule has 1 unspecified atom stereocenters. The molecule has 0 aliphatic heterocycles. The molecule has 0 saturated carbocycles. The summed E-state index contributed by atoms with van der Waals surface area (Å²) < 4.78 is 5.34. The number of aliphatic hydroxyl groups is 1. The van der Waals surface area contributed by atoms with Crippen LogP contribution in [-0.2, 0) is 4.79 Å². The molecule has 0 aliphatic rings. The number of benzene rings is 1. The Kier molecular flexibility index (Phi) is 9.71. The average molecular weight is 344 g/mol. The summed E-state index contributed by atoms with van der Waals surface area (Å²) in [6.45, 7) is 0.326. The van der Waals surface area contributed by atoms with Gasteiger partial charge in [0.1, 0.15) is 23.5 Å². The van der Waals surface area contributed by atoms with Crippen molar-refractivity contribution in [2.24, 2.45) is 0 Å². The van der Waals surface area contributed by atoms with E-state index >= 15 is 0 Å². The second-order valence-electron chi connectivity index (χ2n) is 3.85. The van der Waals surface area contributed by atoms with Crippen LogP contribution in [0.1, 0.15) is 0 Å². The number of rotatable bonds is 7. The fraction of sp³-hybridized carbons (Fsp3) is 0.417. The highest BCUT2D eigenvalue weighted by molar-refractivity contribution is 6.42. The van der Waals surface area contributed by atoms with E-state index in [0.29, 0.717) is 15.8 Å². The lowest BCUT2D eigenvalue weighted by Gasteiger charge is -2.14. The number of likely N-dealkylation sites (N-methyl/N-ethyl adjacent to an activating group) is 1. The van der Waals surface area contributed by atoms with E-state index in [-0.39, 0.29) is 38.0 Å². The highest BCUT2D eigenvalue weighted by atomic mass is 35.5. The maximum absolute atomic E-state index is 11.2. The second kappa shape index (κ2) is 10.1. The third kappa shape index (κ3) is 6.63. The maximum Gasteiger partial charge on any atom is 0.234 e. The predicted molar refractivity (Wildman–Crippen MR) is 82.1 cm³/mol. The maximum atomic E-state index is 11.2. The Morgan fingerprint density at radius 3 is 2.80 bits per heavy atom. The normalized spacial score (nSPS) is 11.4. The predicted octanol–water partition coefficient (Wildman–Crippen LogP) is 1.49. The minimum Gasteiger partial charge on any atom is -0.489 e. The van der Waals surface area contributed by atoms with Crippen LogP contribution < -0.4 is 15.4 Å². The molecule has 0 saturated heterocycles. The van der Waals surface area contributed by atoms with Gasteiger partial charge in [-0.05, 0) is 19.2 Å². The molecular formula is C12H17Cl3N2O3. The van der Waals surface area contributed by atoms with E-state index in [9.17, 15) is 9.90 Å². The molecule has 5 nitrogen and oxygen atoms in total. The number of nitrogens with one attached hydrogen (secondary N) is 2. The van der Waals surface area contributed by atoms with Crippen molar-refractivity contribution in [3.05, 3.63) is 28.2 Å². The summed E-state index contributed by atoms with van der Waals surface area (Å²) in [7, 11) is 1.67. The van der Waals surface area contributed by atoms with Crippen LogP contribution in [0.4, 0.5) is 0 Å². The molecule has 0 radical (unpaired) electrons. The third-order valence-electron chi connectivity index (χ3n) is 2.22. The number of carbonyl (C=O) groups excluding carboxylic acids is 1. The van der Waals surface area contributed by atoms with Gasteiger partial charge < -0.3 is 20.5 Å². The van der Waals surface area contributed by atoms with Gasteiger partial charge >= 0.3 is 0 Å². The Bertz CT molecular complexity index is 432. The molecule has 1 aromatic rings. The molecule has 20 heavy (non-hydrogen) atoms. The number of carbonyl (C=O) groups is 1. The molecule has 1 rings (SSSR count). The Labute approximate surface area is 134 Å². The zero-order chi connectivity index (χ0) is 14.3. The number of aliphatic hydroxyl groups excluding tert-OH is 1. The van der Waals surface area contributed by atoms with Gasteiger partial charge in [-0.15, -0.1) is 12.4 Å². The van der Waals surface area contributed by atoms with Crippen LogP contribution >= 0.6 is 35.6 Å². The standard InChI is InChI=1S/C12H16Cl2N2O3.ClH/c1-15-6-11(18)16-5-8(17)7-19-10-4-2-3-9(13)12(10)14;/h2-4,8,15,17H,5-7H2,1H3,(H,16,18);1H. The van der Waals surface area contributed by atoms with Gasteiger partial charge in [-0.25, -0.2) is 0 Å². The quantitative estimate of drug-likeness (QED) is 0.701. The topological polar surface area (TPSA) is 70.6 Å². The fourth-order valence-corrected chi connectivity index (χ4v) is 1.64. The zero-order valence-electron chi connectivity index (χ0n) is 10.9. The first-order chi connectivity index (χ1) is 9.04. The van der Waals surface area contributed by atoms with Crippen LogP contribution in [0.2, 0.25) is 10.0 Å². The molecule has 0 spiro atoms. The number of hydrogen-bond donors (Lipinski definition) is 3. The third-order valence-corrected chi connectivity index (χ3v) is 3.02. The molecule has 0 aliphatic carbocycles. The first kappa shape index (κ1) is 19.3. The summed E-state index contributed by atoms with van der Waals surface area (Å²) in [6, 6.07) is 5.00. The highest BCUT2D eigenvalue weighted by Gasteiger charge is 2.10. The summed E-state index contributed by atoms with van der Waals surface area (Å²) >= 11 is 11.8. The molecule has 0 fully saturated rings. The molecule has 3 N–H and O–H groups in total. The van der Waals surface area contributed by atoms with Gasteiger partial charge in [0.2, 0.25) is 5.91 Å². The van der Waals surface area contributed by atoms with E-state index in [1.54, 1.807) is 25.2 Å². The van der Waals surface area contributed by atoms with Crippen molar-refractivity contribution in [3.63, 3.8) is 0 Å². The summed E-state index contributed by atoms with van der Waals surface area (Å²) in [5.41, 5.74) is 0. The monoisotopic (exact) mass is 342 g/mol. The Balaban J connectivity index is 0.00000361. The van der Waals surface area contributed by atoms with Crippen LogP contribution in [0.25, 0.3) is 0 Å². The second-order valence-corrected chi connectivity index (χ2v) is 4.64. The lowest BCUT2D eigenvalue weighted by molar-refractivity contribution is -0.120. The number of ether oxygens (including phenoxy) is 1. The Hall–Kier alpha value is -0.720. The van der Waals surface area contributed by atoms with Crippen LogP contribution in [0.15, 0.2) is 18.2 Å². The van der Waals surface area contributed by atoms with E-state index in [1.807, 2.05) is 0 Å². The van der Waals surface area contributed by atoms with Crippen molar-refractivity contribution in [2.45, 2.75) is 6.10 Å². The van der Waals surface area contributed by atoms with Gasteiger partial charge in [-0.1, -0.05) is 29.3 Å². The molecule has 114 valence electrons. The number of halogens is 3. The smallest absolute Gasteiger partial charge is 0.234 e. The molecule has 0 aromatic heterocycles. The van der Waals surface area contributed by atoms with Gasteiger partial charge in [-0.2, -0.15) is 0 Å². The molecule has 0 heterocycles.